The monoisotopic (exact) mass is 224 g/mol. The molecular formula is C9H12N4OS. The Bertz CT molecular complexity index is 482. The molecule has 0 unspecified atom stereocenters. The minimum absolute atomic E-state index is 0.586. The summed E-state index contributed by atoms with van der Waals surface area (Å²) in [5.41, 5.74) is 0.881. The van der Waals surface area contributed by atoms with Crippen LogP contribution in [0.5, 0.6) is 5.88 Å². The number of hydrogen-bond donors (Lipinski definition) is 0. The predicted molar refractivity (Wildman–Crippen MR) is 58.5 cm³/mol. The minimum atomic E-state index is 0.586. The summed E-state index contributed by atoms with van der Waals surface area (Å²) < 4.78 is 7.10. The number of hydrogen-bond acceptors (Lipinski definition) is 5. The van der Waals surface area contributed by atoms with E-state index in [1.807, 2.05) is 26.2 Å². The SMILES string of the molecule is CCOc1cc(C)nc2nc(SC)nn12. The molecule has 2 aromatic rings. The first-order valence-corrected chi connectivity index (χ1v) is 5.88. The van der Waals surface area contributed by atoms with E-state index in [9.17, 15) is 0 Å². The van der Waals surface area contributed by atoms with Crippen molar-refractivity contribution < 1.29 is 4.74 Å². The number of aryl methyl sites for hydroxylation is 1. The van der Waals surface area contributed by atoms with E-state index >= 15 is 0 Å². The lowest BCUT2D eigenvalue weighted by molar-refractivity contribution is 0.316. The van der Waals surface area contributed by atoms with E-state index in [-0.39, 0.29) is 0 Å². The molecule has 0 aliphatic carbocycles. The van der Waals surface area contributed by atoms with Gasteiger partial charge in [0, 0.05) is 11.8 Å². The normalized spacial score (nSPS) is 10.9. The van der Waals surface area contributed by atoms with Crippen LogP contribution in [0.25, 0.3) is 5.78 Å². The van der Waals surface area contributed by atoms with Crippen molar-refractivity contribution in [3.05, 3.63) is 11.8 Å². The summed E-state index contributed by atoms with van der Waals surface area (Å²) in [4.78, 5) is 8.54. The van der Waals surface area contributed by atoms with Crippen LogP contribution < -0.4 is 4.74 Å². The lowest BCUT2D eigenvalue weighted by Gasteiger charge is -2.04. The molecule has 0 aromatic carbocycles. The van der Waals surface area contributed by atoms with Crippen molar-refractivity contribution in [1.82, 2.24) is 19.6 Å². The number of ether oxygens (including phenoxy) is 1. The summed E-state index contributed by atoms with van der Waals surface area (Å²) >= 11 is 1.49. The molecule has 0 bridgehead atoms. The van der Waals surface area contributed by atoms with Crippen LogP contribution in [0, 0.1) is 6.92 Å². The molecule has 0 fully saturated rings. The molecule has 0 saturated carbocycles. The van der Waals surface area contributed by atoms with Gasteiger partial charge in [0.05, 0.1) is 6.61 Å². The maximum Gasteiger partial charge on any atom is 0.256 e. The summed E-state index contributed by atoms with van der Waals surface area (Å²) in [5, 5.41) is 4.97. The van der Waals surface area contributed by atoms with E-state index in [1.54, 1.807) is 4.52 Å². The van der Waals surface area contributed by atoms with Crippen molar-refractivity contribution in [3.8, 4) is 5.88 Å². The van der Waals surface area contributed by atoms with Crippen LogP contribution in [0.1, 0.15) is 12.6 Å². The van der Waals surface area contributed by atoms with E-state index in [1.165, 1.54) is 11.8 Å². The van der Waals surface area contributed by atoms with Gasteiger partial charge >= 0.3 is 0 Å². The molecule has 5 nitrogen and oxygen atoms in total. The largest absolute Gasteiger partial charge is 0.478 e. The molecule has 80 valence electrons. The Balaban J connectivity index is 2.61. The Morgan fingerprint density at radius 2 is 2.27 bits per heavy atom. The maximum absolute atomic E-state index is 5.47. The molecule has 2 rings (SSSR count). The van der Waals surface area contributed by atoms with Crippen molar-refractivity contribution in [1.29, 1.82) is 0 Å². The second-order valence-electron chi connectivity index (χ2n) is 2.98. The van der Waals surface area contributed by atoms with Crippen LogP contribution in [-0.4, -0.2) is 32.4 Å². The van der Waals surface area contributed by atoms with Gasteiger partial charge < -0.3 is 4.74 Å². The standard InChI is InChI=1S/C9H12N4OS/c1-4-14-7-5-6(2)10-8-11-9(15-3)12-13(7)8/h5H,4H2,1-3H3. The number of thioether (sulfide) groups is 1. The number of fused-ring (bicyclic) bond motifs is 1. The van der Waals surface area contributed by atoms with Gasteiger partial charge in [-0.2, -0.15) is 9.50 Å². The van der Waals surface area contributed by atoms with E-state index in [4.69, 9.17) is 4.74 Å². The third kappa shape index (κ3) is 1.90. The summed E-state index contributed by atoms with van der Waals surface area (Å²) in [5.74, 6) is 1.27. The molecule has 0 amide bonds. The zero-order valence-corrected chi connectivity index (χ0v) is 9.71. The maximum atomic E-state index is 5.47. The molecule has 0 aliphatic heterocycles. The Kier molecular flexibility index (Phi) is 2.77. The van der Waals surface area contributed by atoms with Crippen molar-refractivity contribution in [2.45, 2.75) is 19.0 Å². The molecule has 2 aromatic heterocycles. The van der Waals surface area contributed by atoms with E-state index < -0.39 is 0 Å². The summed E-state index contributed by atoms with van der Waals surface area (Å²) in [6.07, 6.45) is 1.93. The molecule has 0 spiro atoms. The van der Waals surface area contributed by atoms with Gasteiger partial charge in [-0.05, 0) is 20.1 Å². The molecule has 0 N–H and O–H groups in total. The molecule has 0 radical (unpaired) electrons. The van der Waals surface area contributed by atoms with E-state index in [0.717, 1.165) is 5.69 Å². The Morgan fingerprint density at radius 1 is 1.47 bits per heavy atom. The molecule has 0 saturated heterocycles. The predicted octanol–water partition coefficient (Wildman–Crippen LogP) is 1.55. The fourth-order valence-corrected chi connectivity index (χ4v) is 1.61. The van der Waals surface area contributed by atoms with Crippen molar-refractivity contribution in [2.75, 3.05) is 12.9 Å². The first kappa shape index (κ1) is 10.2. The molecule has 6 heteroatoms. The van der Waals surface area contributed by atoms with Crippen LogP contribution in [0.4, 0.5) is 0 Å². The Hall–Kier alpha value is -1.30. The second-order valence-corrected chi connectivity index (χ2v) is 3.75. The second kappa shape index (κ2) is 4.06. The highest BCUT2D eigenvalue weighted by atomic mass is 32.2. The average Bonchev–Trinajstić information content (AvgIpc) is 2.61. The Morgan fingerprint density at radius 3 is 2.93 bits per heavy atom. The molecule has 15 heavy (non-hydrogen) atoms. The van der Waals surface area contributed by atoms with Crippen LogP contribution in [0.2, 0.25) is 0 Å². The van der Waals surface area contributed by atoms with Gasteiger partial charge in [0.1, 0.15) is 0 Å². The number of nitrogens with zero attached hydrogens (tertiary/aromatic N) is 4. The van der Waals surface area contributed by atoms with Crippen LogP contribution in [0.3, 0.4) is 0 Å². The van der Waals surface area contributed by atoms with Crippen molar-refractivity contribution in [2.24, 2.45) is 0 Å². The van der Waals surface area contributed by atoms with Crippen LogP contribution in [-0.2, 0) is 0 Å². The van der Waals surface area contributed by atoms with Crippen molar-refractivity contribution >= 4 is 17.5 Å². The number of aromatic nitrogens is 4. The van der Waals surface area contributed by atoms with Crippen LogP contribution >= 0.6 is 11.8 Å². The van der Waals surface area contributed by atoms with Gasteiger partial charge in [-0.15, -0.1) is 5.10 Å². The van der Waals surface area contributed by atoms with Gasteiger partial charge in [-0.25, -0.2) is 4.98 Å². The van der Waals surface area contributed by atoms with Crippen LogP contribution in [0.15, 0.2) is 11.2 Å². The van der Waals surface area contributed by atoms with Gasteiger partial charge in [0.2, 0.25) is 11.0 Å². The Labute approximate surface area is 91.9 Å². The lowest BCUT2D eigenvalue weighted by Crippen LogP contribution is -2.02. The summed E-state index contributed by atoms with van der Waals surface area (Å²) in [6, 6.07) is 1.86. The highest BCUT2D eigenvalue weighted by Crippen LogP contribution is 2.16. The van der Waals surface area contributed by atoms with Crippen molar-refractivity contribution in [3.63, 3.8) is 0 Å². The quantitative estimate of drug-likeness (QED) is 0.740. The molecule has 0 aliphatic rings. The fourth-order valence-electron chi connectivity index (χ4n) is 1.27. The van der Waals surface area contributed by atoms with Gasteiger partial charge in [0.25, 0.3) is 5.78 Å². The fraction of sp³-hybridized carbons (Fsp3) is 0.444. The first-order chi connectivity index (χ1) is 7.24. The van der Waals surface area contributed by atoms with Gasteiger partial charge in [-0.3, -0.25) is 0 Å². The minimum Gasteiger partial charge on any atom is -0.478 e. The van der Waals surface area contributed by atoms with E-state index in [2.05, 4.69) is 15.1 Å². The summed E-state index contributed by atoms with van der Waals surface area (Å²) in [6.45, 7) is 4.46. The molecule has 0 atom stereocenters. The lowest BCUT2D eigenvalue weighted by atomic mass is 10.4. The molecular weight excluding hydrogens is 212 g/mol. The smallest absolute Gasteiger partial charge is 0.256 e. The topological polar surface area (TPSA) is 52.3 Å². The third-order valence-electron chi connectivity index (χ3n) is 1.86. The third-order valence-corrected chi connectivity index (χ3v) is 2.40. The molecule has 2 heterocycles. The first-order valence-electron chi connectivity index (χ1n) is 4.65. The zero-order valence-electron chi connectivity index (χ0n) is 8.89. The highest BCUT2D eigenvalue weighted by molar-refractivity contribution is 7.98. The number of rotatable bonds is 3. The highest BCUT2D eigenvalue weighted by Gasteiger charge is 2.09. The average molecular weight is 224 g/mol. The van der Waals surface area contributed by atoms with E-state index in [0.29, 0.717) is 23.4 Å². The summed E-state index contributed by atoms with van der Waals surface area (Å²) in [7, 11) is 0. The van der Waals surface area contributed by atoms with Gasteiger partial charge in [0.15, 0.2) is 0 Å². The van der Waals surface area contributed by atoms with Gasteiger partial charge in [-0.1, -0.05) is 11.8 Å². The zero-order chi connectivity index (χ0) is 10.8.